The van der Waals surface area contributed by atoms with Crippen molar-refractivity contribution in [1.82, 2.24) is 10.2 Å². The van der Waals surface area contributed by atoms with E-state index in [9.17, 15) is 24.3 Å². The van der Waals surface area contributed by atoms with Crippen molar-refractivity contribution in [3.8, 4) is 11.1 Å². The standard InChI is InChI=1S/C37H30ClFN6O5/c1-37(2)19-44(30(46)18-15-26-29(45-20-41-43-45)17-16-28(38)32(26)39)33(35(48)42-24-13-11-23(12-14-24)36(49)50)27-6-4-5-25(31(27)37)21-7-9-22(10-8-21)34(47)40-3/h4-18,20,33H,19H2,1-3H3,(H2-,40,42,47,48,49,50)/p+1. The van der Waals surface area contributed by atoms with Crippen molar-refractivity contribution < 1.29 is 33.5 Å². The number of benzene rings is 4. The fourth-order valence-corrected chi connectivity index (χ4v) is 6.44. The Bertz CT molecular complexity index is 2130. The summed E-state index contributed by atoms with van der Waals surface area (Å²) in [6.45, 7) is 4.04. The SMILES string of the molecule is CNC(=O)c1ccc(-c2cccc3c2C(C)(C)CN(C(=O)C=Cc2c(N4C=[N+]=N4)ccc(Cl)c2F)C3C(=O)Nc2ccc(C(=O)O)cc2)cc1. The molecule has 1 atom stereocenters. The lowest BCUT2D eigenvalue weighted by Gasteiger charge is -2.45. The van der Waals surface area contributed by atoms with Gasteiger partial charge in [-0.15, -0.1) is 4.79 Å². The first-order chi connectivity index (χ1) is 23.9. The molecule has 0 bridgehead atoms. The van der Waals surface area contributed by atoms with Gasteiger partial charge in [0.2, 0.25) is 5.91 Å². The molecule has 3 amide bonds. The van der Waals surface area contributed by atoms with E-state index in [1.807, 2.05) is 32.0 Å². The molecule has 0 radical (unpaired) electrons. The Morgan fingerprint density at radius 2 is 1.68 bits per heavy atom. The maximum absolute atomic E-state index is 15.3. The minimum Gasteiger partial charge on any atom is -0.478 e. The minimum atomic E-state index is -1.14. The number of nitrogens with zero attached hydrogens (tertiary/aromatic N) is 4. The third-order valence-corrected chi connectivity index (χ3v) is 8.91. The number of carbonyl (C=O) groups is 4. The van der Waals surface area contributed by atoms with Gasteiger partial charge in [0.25, 0.3) is 11.8 Å². The quantitative estimate of drug-likeness (QED) is 0.149. The van der Waals surface area contributed by atoms with E-state index < -0.39 is 35.1 Å². The predicted octanol–water partition coefficient (Wildman–Crippen LogP) is 6.14. The normalized spacial score (nSPS) is 15.7. The summed E-state index contributed by atoms with van der Waals surface area (Å²) < 4.78 is 15.3. The van der Waals surface area contributed by atoms with Gasteiger partial charge in [-0.05, 0) is 76.9 Å². The second-order valence-corrected chi connectivity index (χ2v) is 12.8. The van der Waals surface area contributed by atoms with Crippen LogP contribution in [0.25, 0.3) is 17.2 Å². The van der Waals surface area contributed by atoms with Gasteiger partial charge < -0.3 is 20.6 Å². The minimum absolute atomic E-state index is 0.0134. The largest absolute Gasteiger partial charge is 0.478 e. The molecule has 1 unspecified atom stereocenters. The fourth-order valence-electron chi connectivity index (χ4n) is 6.28. The van der Waals surface area contributed by atoms with Crippen LogP contribution >= 0.6 is 11.6 Å². The number of carbonyl (C=O) groups excluding carboxylic acids is 3. The summed E-state index contributed by atoms with van der Waals surface area (Å²) >= 11 is 6.08. The highest BCUT2D eigenvalue weighted by molar-refractivity contribution is 6.31. The number of carboxylic acid groups (broad SMARTS) is 1. The van der Waals surface area contributed by atoms with Gasteiger partial charge in [0.05, 0.1) is 16.1 Å². The number of aromatic carboxylic acids is 1. The zero-order valence-corrected chi connectivity index (χ0v) is 27.9. The van der Waals surface area contributed by atoms with E-state index in [2.05, 4.69) is 20.6 Å². The van der Waals surface area contributed by atoms with Gasteiger partial charge in [-0.3, -0.25) is 14.4 Å². The molecule has 0 fully saturated rings. The summed E-state index contributed by atoms with van der Waals surface area (Å²) in [4.78, 5) is 57.1. The average molecular weight is 694 g/mol. The zero-order chi connectivity index (χ0) is 35.7. The Morgan fingerprint density at radius 3 is 2.30 bits per heavy atom. The lowest BCUT2D eigenvalue weighted by Crippen LogP contribution is -2.51. The maximum Gasteiger partial charge on any atom is 0.336 e. The van der Waals surface area contributed by atoms with E-state index in [0.29, 0.717) is 22.5 Å². The summed E-state index contributed by atoms with van der Waals surface area (Å²) in [5, 5.41) is 19.8. The molecule has 11 nitrogen and oxygen atoms in total. The Hall–Kier alpha value is -6.10. The van der Waals surface area contributed by atoms with Crippen molar-refractivity contribution in [1.29, 1.82) is 0 Å². The third kappa shape index (κ3) is 6.37. The van der Waals surface area contributed by atoms with Crippen molar-refractivity contribution in [2.24, 2.45) is 5.22 Å². The number of halogens is 2. The highest BCUT2D eigenvalue weighted by Crippen LogP contribution is 2.45. The fraction of sp³-hybridized carbons (Fsp3) is 0.162. The van der Waals surface area contributed by atoms with Crippen LogP contribution in [0.4, 0.5) is 15.8 Å². The molecule has 0 saturated carbocycles. The van der Waals surface area contributed by atoms with Gasteiger partial charge in [-0.2, -0.15) is 0 Å². The highest BCUT2D eigenvalue weighted by Gasteiger charge is 2.44. The van der Waals surface area contributed by atoms with Crippen LogP contribution in [0.1, 0.15) is 57.3 Å². The van der Waals surface area contributed by atoms with Crippen LogP contribution in [0.5, 0.6) is 0 Å². The van der Waals surface area contributed by atoms with E-state index in [1.54, 1.807) is 37.4 Å². The van der Waals surface area contributed by atoms with Crippen LogP contribution in [-0.2, 0) is 15.0 Å². The van der Waals surface area contributed by atoms with E-state index >= 15 is 4.39 Å². The molecule has 3 N–H and O–H groups in total. The van der Waals surface area contributed by atoms with Gasteiger partial charge in [0.1, 0.15) is 17.0 Å². The van der Waals surface area contributed by atoms with Crippen LogP contribution in [0.15, 0.2) is 90.2 Å². The third-order valence-electron chi connectivity index (χ3n) is 8.62. The van der Waals surface area contributed by atoms with Crippen molar-refractivity contribution in [3.05, 3.63) is 124 Å². The summed E-state index contributed by atoms with van der Waals surface area (Å²) in [7, 11) is 1.56. The van der Waals surface area contributed by atoms with Crippen molar-refractivity contribution in [2.75, 3.05) is 23.9 Å². The van der Waals surface area contributed by atoms with E-state index in [4.69, 9.17) is 11.6 Å². The summed E-state index contributed by atoms with van der Waals surface area (Å²) in [5.74, 6) is -3.19. The van der Waals surface area contributed by atoms with Gasteiger partial charge in [-0.1, -0.05) is 60.8 Å². The van der Waals surface area contributed by atoms with E-state index in [0.717, 1.165) is 16.7 Å². The Kier molecular flexibility index (Phi) is 9.07. The first kappa shape index (κ1) is 33.8. The summed E-state index contributed by atoms with van der Waals surface area (Å²) in [5.41, 5.74) is 3.57. The first-order valence-electron chi connectivity index (χ1n) is 15.5. The molecule has 6 rings (SSSR count). The Morgan fingerprint density at radius 1 is 1.00 bits per heavy atom. The molecule has 252 valence electrons. The monoisotopic (exact) mass is 693 g/mol. The lowest BCUT2D eigenvalue weighted by molar-refractivity contribution is -0.136. The van der Waals surface area contributed by atoms with Crippen LogP contribution < -0.4 is 15.6 Å². The van der Waals surface area contributed by atoms with Crippen LogP contribution in [0.2, 0.25) is 5.02 Å². The van der Waals surface area contributed by atoms with Gasteiger partial charge in [-0.25, -0.2) is 9.18 Å². The highest BCUT2D eigenvalue weighted by atomic mass is 35.5. The number of hydrogen-bond acceptors (Lipinski definition) is 6. The molecule has 0 aromatic heterocycles. The van der Waals surface area contributed by atoms with E-state index in [-0.39, 0.29) is 28.6 Å². The van der Waals surface area contributed by atoms with Crippen LogP contribution in [0, 0.1) is 5.82 Å². The molecule has 50 heavy (non-hydrogen) atoms. The van der Waals surface area contributed by atoms with Gasteiger partial charge >= 0.3 is 12.3 Å². The number of nitrogens with one attached hydrogen (secondary N) is 2. The molecule has 0 spiro atoms. The molecule has 13 heteroatoms. The number of fused-ring (bicyclic) bond motifs is 1. The number of amides is 3. The second kappa shape index (κ2) is 13.4. The molecule has 4 aromatic carbocycles. The van der Waals surface area contributed by atoms with Crippen molar-refractivity contribution >= 4 is 59.1 Å². The zero-order valence-electron chi connectivity index (χ0n) is 27.1. The summed E-state index contributed by atoms with van der Waals surface area (Å²) in [6.07, 6.45) is 3.88. The molecule has 0 saturated heterocycles. The van der Waals surface area contributed by atoms with Gasteiger partial charge in [0, 0.05) is 36.3 Å². The number of anilines is 2. The molecule has 2 aliphatic rings. The number of hydrogen-bond donors (Lipinski definition) is 3. The Labute approximate surface area is 291 Å². The smallest absolute Gasteiger partial charge is 0.336 e. The van der Waals surface area contributed by atoms with Crippen molar-refractivity contribution in [2.45, 2.75) is 25.3 Å². The number of carboxylic acids is 1. The summed E-state index contributed by atoms with van der Waals surface area (Å²) in [6, 6.07) is 20.1. The topological polar surface area (TPSA) is 146 Å². The maximum atomic E-state index is 15.3. The average Bonchev–Trinajstić information content (AvgIpc) is 3.08. The second-order valence-electron chi connectivity index (χ2n) is 12.3. The van der Waals surface area contributed by atoms with Gasteiger partial charge in [0.15, 0.2) is 5.82 Å². The molecular formula is C37H31ClFN6O5+. The van der Waals surface area contributed by atoms with Crippen LogP contribution in [-0.4, -0.2) is 58.4 Å². The van der Waals surface area contributed by atoms with Crippen LogP contribution in [0.3, 0.4) is 0 Å². The molecule has 2 heterocycles. The molecule has 0 aliphatic carbocycles. The Balaban J connectivity index is 1.43. The molecule has 2 aliphatic heterocycles. The number of rotatable bonds is 8. The van der Waals surface area contributed by atoms with E-state index in [1.165, 1.54) is 58.7 Å². The molecule has 4 aromatic rings. The van der Waals surface area contributed by atoms with Crippen molar-refractivity contribution in [3.63, 3.8) is 0 Å². The lowest BCUT2D eigenvalue weighted by atomic mass is 9.72. The first-order valence-corrected chi connectivity index (χ1v) is 15.9. The molecular weight excluding hydrogens is 663 g/mol. The predicted molar refractivity (Wildman–Crippen MR) is 186 cm³/mol.